The van der Waals surface area contributed by atoms with Crippen LogP contribution in [0.4, 0.5) is 5.69 Å². The molecule has 92 valence electrons. The van der Waals surface area contributed by atoms with Crippen molar-refractivity contribution in [1.29, 1.82) is 0 Å². The fourth-order valence-corrected chi connectivity index (χ4v) is 2.19. The maximum atomic E-state index is 10.9. The number of hydrogen-bond acceptors (Lipinski definition) is 4. The molecule has 0 aromatic heterocycles. The Morgan fingerprint density at radius 2 is 2.12 bits per heavy atom. The van der Waals surface area contributed by atoms with Crippen LogP contribution in [0.3, 0.4) is 0 Å². The molecule has 0 fully saturated rings. The van der Waals surface area contributed by atoms with Gasteiger partial charge in [0.05, 0.1) is 0 Å². The van der Waals surface area contributed by atoms with Crippen molar-refractivity contribution in [3.63, 3.8) is 0 Å². The van der Waals surface area contributed by atoms with E-state index in [0.717, 1.165) is 4.90 Å². The van der Waals surface area contributed by atoms with Crippen LogP contribution in [0.25, 0.3) is 0 Å². The molecule has 0 aliphatic carbocycles. The van der Waals surface area contributed by atoms with Gasteiger partial charge in [0.25, 0.3) is 0 Å². The molecule has 17 heavy (non-hydrogen) atoms. The molecular weight excluding hydrogens is 240 g/mol. The van der Waals surface area contributed by atoms with Crippen molar-refractivity contribution < 1.29 is 14.7 Å². The highest BCUT2D eigenvalue weighted by Crippen LogP contribution is 2.24. The van der Waals surface area contributed by atoms with Gasteiger partial charge in [0, 0.05) is 23.3 Å². The molecular formula is C11H14N2O3S. The first-order valence-corrected chi connectivity index (χ1v) is 5.96. The van der Waals surface area contributed by atoms with Crippen molar-refractivity contribution in [2.24, 2.45) is 0 Å². The number of anilines is 1. The van der Waals surface area contributed by atoms with E-state index in [1.807, 2.05) is 18.2 Å². The standard InChI is InChI=1S/C11H14N2O3S/c1-7(14)13-9(11(15)16)6-17-10-5-3-2-4-8(10)12/h2-5,9H,6,12H2,1H3,(H,13,14)(H,15,16). The zero-order chi connectivity index (χ0) is 12.8. The van der Waals surface area contributed by atoms with Crippen LogP contribution >= 0.6 is 11.8 Å². The lowest BCUT2D eigenvalue weighted by Gasteiger charge is -2.13. The quantitative estimate of drug-likeness (QED) is 0.537. The summed E-state index contributed by atoms with van der Waals surface area (Å²) in [5.41, 5.74) is 6.33. The van der Waals surface area contributed by atoms with Crippen LogP contribution < -0.4 is 11.1 Å². The Labute approximate surface area is 103 Å². The second-order valence-corrected chi connectivity index (χ2v) is 4.50. The molecule has 1 atom stereocenters. The third-order valence-corrected chi connectivity index (χ3v) is 3.18. The number of amides is 1. The van der Waals surface area contributed by atoms with Gasteiger partial charge in [-0.25, -0.2) is 4.79 Å². The molecule has 0 saturated carbocycles. The van der Waals surface area contributed by atoms with E-state index in [2.05, 4.69) is 5.32 Å². The Kier molecular flexibility index (Phi) is 4.84. The highest BCUT2D eigenvalue weighted by atomic mass is 32.2. The number of nitrogen functional groups attached to an aromatic ring is 1. The zero-order valence-electron chi connectivity index (χ0n) is 9.34. The second-order valence-electron chi connectivity index (χ2n) is 3.44. The molecule has 1 unspecified atom stereocenters. The van der Waals surface area contributed by atoms with Crippen molar-refractivity contribution in [2.75, 3.05) is 11.5 Å². The average molecular weight is 254 g/mol. The Balaban J connectivity index is 2.61. The van der Waals surface area contributed by atoms with Crippen molar-refractivity contribution >= 4 is 29.3 Å². The number of aliphatic carboxylic acids is 1. The Morgan fingerprint density at radius 1 is 1.47 bits per heavy atom. The van der Waals surface area contributed by atoms with Gasteiger partial charge < -0.3 is 16.2 Å². The maximum Gasteiger partial charge on any atom is 0.327 e. The van der Waals surface area contributed by atoms with E-state index in [0.29, 0.717) is 5.69 Å². The monoisotopic (exact) mass is 254 g/mol. The first-order chi connectivity index (χ1) is 8.00. The molecule has 0 bridgehead atoms. The minimum Gasteiger partial charge on any atom is -0.480 e. The summed E-state index contributed by atoms with van der Waals surface area (Å²) in [7, 11) is 0. The van der Waals surface area contributed by atoms with Crippen LogP contribution in [0.1, 0.15) is 6.92 Å². The summed E-state index contributed by atoms with van der Waals surface area (Å²) >= 11 is 1.30. The maximum absolute atomic E-state index is 10.9. The molecule has 1 aromatic rings. The first kappa shape index (κ1) is 13.4. The van der Waals surface area contributed by atoms with Gasteiger partial charge in [0.2, 0.25) is 5.91 Å². The molecule has 0 aliphatic heterocycles. The average Bonchev–Trinajstić information content (AvgIpc) is 2.25. The normalized spacial score (nSPS) is 11.8. The van der Waals surface area contributed by atoms with Gasteiger partial charge in [0.1, 0.15) is 6.04 Å². The summed E-state index contributed by atoms with van der Waals surface area (Å²) in [6.45, 7) is 1.29. The number of benzene rings is 1. The van der Waals surface area contributed by atoms with Crippen molar-refractivity contribution in [3.8, 4) is 0 Å². The van der Waals surface area contributed by atoms with Crippen molar-refractivity contribution in [2.45, 2.75) is 17.9 Å². The minimum atomic E-state index is -1.05. The summed E-state index contributed by atoms with van der Waals surface area (Å²) in [6.07, 6.45) is 0. The van der Waals surface area contributed by atoms with Crippen molar-refractivity contribution in [1.82, 2.24) is 5.32 Å². The SMILES string of the molecule is CC(=O)NC(CSc1ccccc1N)C(=O)O. The number of para-hydroxylation sites is 1. The predicted molar refractivity (Wildman–Crippen MR) is 66.8 cm³/mol. The van der Waals surface area contributed by atoms with E-state index in [9.17, 15) is 9.59 Å². The summed E-state index contributed by atoms with van der Waals surface area (Å²) < 4.78 is 0. The highest BCUT2D eigenvalue weighted by Gasteiger charge is 2.18. The van der Waals surface area contributed by atoms with Gasteiger partial charge >= 0.3 is 5.97 Å². The van der Waals surface area contributed by atoms with Crippen LogP contribution in [0.15, 0.2) is 29.2 Å². The topological polar surface area (TPSA) is 92.4 Å². The van der Waals surface area contributed by atoms with E-state index in [1.165, 1.54) is 18.7 Å². The summed E-state index contributed by atoms with van der Waals surface area (Å²) in [5, 5.41) is 11.3. The molecule has 0 radical (unpaired) electrons. The number of nitrogens with one attached hydrogen (secondary N) is 1. The minimum absolute atomic E-state index is 0.239. The molecule has 1 amide bonds. The molecule has 0 aliphatic rings. The Morgan fingerprint density at radius 3 is 2.65 bits per heavy atom. The van der Waals surface area contributed by atoms with E-state index < -0.39 is 12.0 Å². The van der Waals surface area contributed by atoms with E-state index in [-0.39, 0.29) is 11.7 Å². The lowest BCUT2D eigenvalue weighted by molar-refractivity contribution is -0.140. The first-order valence-electron chi connectivity index (χ1n) is 4.98. The number of carbonyl (C=O) groups is 2. The molecule has 1 aromatic carbocycles. The van der Waals surface area contributed by atoms with E-state index in [1.54, 1.807) is 6.07 Å². The molecule has 4 N–H and O–H groups in total. The lowest BCUT2D eigenvalue weighted by atomic mass is 10.3. The van der Waals surface area contributed by atoms with Crippen LogP contribution in [-0.2, 0) is 9.59 Å². The fourth-order valence-electron chi connectivity index (χ4n) is 1.21. The number of thioether (sulfide) groups is 1. The fraction of sp³-hybridized carbons (Fsp3) is 0.273. The highest BCUT2D eigenvalue weighted by molar-refractivity contribution is 7.99. The predicted octanol–water partition coefficient (Wildman–Crippen LogP) is 0.950. The molecule has 6 heteroatoms. The zero-order valence-corrected chi connectivity index (χ0v) is 10.2. The molecule has 0 heterocycles. The van der Waals surface area contributed by atoms with Gasteiger partial charge in [-0.3, -0.25) is 4.79 Å². The largest absolute Gasteiger partial charge is 0.480 e. The van der Waals surface area contributed by atoms with E-state index >= 15 is 0 Å². The smallest absolute Gasteiger partial charge is 0.327 e. The molecule has 1 rings (SSSR count). The molecule has 0 saturated heterocycles. The van der Waals surface area contributed by atoms with Crippen LogP contribution in [0.2, 0.25) is 0 Å². The summed E-state index contributed by atoms with van der Waals surface area (Å²) in [5.74, 6) is -1.18. The van der Waals surface area contributed by atoms with Crippen LogP contribution in [0.5, 0.6) is 0 Å². The van der Waals surface area contributed by atoms with Crippen LogP contribution in [-0.4, -0.2) is 28.8 Å². The van der Waals surface area contributed by atoms with Crippen molar-refractivity contribution in [3.05, 3.63) is 24.3 Å². The Bertz CT molecular complexity index is 423. The van der Waals surface area contributed by atoms with Gasteiger partial charge in [-0.05, 0) is 12.1 Å². The molecule has 0 spiro atoms. The summed E-state index contributed by atoms with van der Waals surface area (Å²) in [6, 6.07) is 6.29. The number of hydrogen-bond donors (Lipinski definition) is 3. The second kappa shape index (κ2) is 6.15. The number of carbonyl (C=O) groups excluding carboxylic acids is 1. The number of nitrogens with two attached hydrogens (primary N) is 1. The van der Waals surface area contributed by atoms with Gasteiger partial charge in [-0.1, -0.05) is 12.1 Å². The molecule has 5 nitrogen and oxygen atoms in total. The van der Waals surface area contributed by atoms with E-state index in [4.69, 9.17) is 10.8 Å². The number of rotatable bonds is 5. The summed E-state index contributed by atoms with van der Waals surface area (Å²) in [4.78, 5) is 22.5. The lowest BCUT2D eigenvalue weighted by Crippen LogP contribution is -2.41. The number of carboxylic acid groups (broad SMARTS) is 1. The van der Waals surface area contributed by atoms with Gasteiger partial charge in [-0.2, -0.15) is 0 Å². The number of carboxylic acids is 1. The van der Waals surface area contributed by atoms with Gasteiger partial charge in [-0.15, -0.1) is 11.8 Å². The Hall–Kier alpha value is -1.69. The van der Waals surface area contributed by atoms with Crippen LogP contribution in [0, 0.1) is 0 Å². The third-order valence-electron chi connectivity index (χ3n) is 2.00. The third kappa shape index (κ3) is 4.36. The van der Waals surface area contributed by atoms with Gasteiger partial charge in [0.15, 0.2) is 0 Å².